The van der Waals surface area contributed by atoms with Crippen LogP contribution in [0.25, 0.3) is 0 Å². The fraction of sp³-hybridized carbons (Fsp3) is 0.650. The summed E-state index contributed by atoms with van der Waals surface area (Å²) < 4.78 is 1.97. The van der Waals surface area contributed by atoms with E-state index in [1.165, 1.54) is 0 Å². The van der Waals surface area contributed by atoms with Gasteiger partial charge in [-0.2, -0.15) is 0 Å². The number of hydrogen-bond acceptors (Lipinski definition) is 4. The standard InChI is InChI=1S/C20H28N4O3/c1-22(2)12-17-14-8-13(16-4-3-5-19(26)24(16)17)10-23(11-14)20(27)9-15-6-7-18(25)21-15/h3-5,13-15,17H,6-12H2,1-2H3,(H,21,25)/t13-,14+,15+,17+/m1/s1. The van der Waals surface area contributed by atoms with Crippen molar-refractivity contribution >= 4 is 11.8 Å². The lowest BCUT2D eigenvalue weighted by molar-refractivity contribution is -0.134. The SMILES string of the molecule is CN(C)C[C@H]1[C@H]2C[C@H](CN(C(=O)C[C@@H]3CCC(=O)N3)C2)c2cccc(=O)n21. The van der Waals surface area contributed by atoms with Crippen molar-refractivity contribution in [1.82, 2.24) is 19.7 Å². The molecule has 146 valence electrons. The van der Waals surface area contributed by atoms with Crippen molar-refractivity contribution in [3.63, 3.8) is 0 Å². The highest BCUT2D eigenvalue weighted by atomic mass is 16.2. The molecule has 2 saturated heterocycles. The third-order valence-electron chi connectivity index (χ3n) is 6.21. The Balaban J connectivity index is 1.57. The summed E-state index contributed by atoms with van der Waals surface area (Å²) in [6.45, 7) is 2.14. The summed E-state index contributed by atoms with van der Waals surface area (Å²) in [7, 11) is 4.04. The van der Waals surface area contributed by atoms with Gasteiger partial charge in [-0.05, 0) is 38.9 Å². The number of fused-ring (bicyclic) bond motifs is 4. The highest BCUT2D eigenvalue weighted by Gasteiger charge is 2.42. The first-order valence-electron chi connectivity index (χ1n) is 9.85. The molecule has 0 radical (unpaired) electrons. The molecular formula is C20H28N4O3. The highest BCUT2D eigenvalue weighted by molar-refractivity contribution is 5.82. The van der Waals surface area contributed by atoms with E-state index in [1.54, 1.807) is 6.07 Å². The maximum absolute atomic E-state index is 12.9. The zero-order valence-electron chi connectivity index (χ0n) is 16.1. The van der Waals surface area contributed by atoms with E-state index in [9.17, 15) is 14.4 Å². The third kappa shape index (κ3) is 3.52. The van der Waals surface area contributed by atoms with Crippen molar-refractivity contribution in [2.24, 2.45) is 5.92 Å². The summed E-state index contributed by atoms with van der Waals surface area (Å²) in [5, 5.41) is 2.89. The van der Waals surface area contributed by atoms with Gasteiger partial charge in [-0.1, -0.05) is 6.07 Å². The van der Waals surface area contributed by atoms with E-state index in [-0.39, 0.29) is 41.3 Å². The van der Waals surface area contributed by atoms with Gasteiger partial charge in [0.25, 0.3) is 5.56 Å². The molecule has 7 nitrogen and oxygen atoms in total. The minimum Gasteiger partial charge on any atom is -0.353 e. The van der Waals surface area contributed by atoms with Gasteiger partial charge >= 0.3 is 0 Å². The maximum atomic E-state index is 12.9. The summed E-state index contributed by atoms with van der Waals surface area (Å²) in [6, 6.07) is 5.56. The molecule has 0 aliphatic carbocycles. The average molecular weight is 372 g/mol. The Hall–Kier alpha value is -2.15. The number of hydrogen-bond donors (Lipinski definition) is 1. The Morgan fingerprint density at radius 2 is 2.07 bits per heavy atom. The largest absolute Gasteiger partial charge is 0.353 e. The number of pyridine rings is 1. The minimum absolute atomic E-state index is 0.0285. The Morgan fingerprint density at radius 3 is 2.78 bits per heavy atom. The molecule has 2 bridgehead atoms. The first kappa shape index (κ1) is 18.2. The monoisotopic (exact) mass is 372 g/mol. The van der Waals surface area contributed by atoms with Crippen LogP contribution in [-0.2, 0) is 9.59 Å². The van der Waals surface area contributed by atoms with Crippen LogP contribution >= 0.6 is 0 Å². The Morgan fingerprint density at radius 1 is 1.26 bits per heavy atom. The second-order valence-electron chi connectivity index (χ2n) is 8.49. The molecule has 27 heavy (non-hydrogen) atoms. The van der Waals surface area contributed by atoms with E-state index in [2.05, 4.69) is 10.2 Å². The second kappa shape index (κ2) is 7.11. The average Bonchev–Trinajstić information content (AvgIpc) is 3.03. The number of nitrogens with zero attached hydrogens (tertiary/aromatic N) is 3. The molecule has 3 aliphatic heterocycles. The molecule has 4 atom stereocenters. The predicted molar refractivity (Wildman–Crippen MR) is 102 cm³/mol. The topological polar surface area (TPSA) is 74.7 Å². The molecule has 1 aromatic rings. The Labute approximate surface area is 159 Å². The molecule has 4 heterocycles. The number of amides is 2. The lowest BCUT2D eigenvalue weighted by Crippen LogP contribution is -2.53. The number of nitrogens with one attached hydrogen (secondary N) is 1. The van der Waals surface area contributed by atoms with Crippen LogP contribution in [0.5, 0.6) is 0 Å². The van der Waals surface area contributed by atoms with Gasteiger partial charge in [0.1, 0.15) is 0 Å². The van der Waals surface area contributed by atoms with Gasteiger partial charge in [0.05, 0.1) is 6.04 Å². The summed E-state index contributed by atoms with van der Waals surface area (Å²) in [6.07, 6.45) is 2.66. The van der Waals surface area contributed by atoms with E-state index < -0.39 is 0 Å². The molecule has 0 spiro atoms. The van der Waals surface area contributed by atoms with Gasteiger partial charge in [0, 0.05) is 56.2 Å². The number of rotatable bonds is 4. The van der Waals surface area contributed by atoms with Crippen LogP contribution in [0.2, 0.25) is 0 Å². The van der Waals surface area contributed by atoms with E-state index in [1.807, 2.05) is 35.7 Å². The minimum atomic E-state index is -0.0285. The van der Waals surface area contributed by atoms with Crippen molar-refractivity contribution < 1.29 is 9.59 Å². The third-order valence-corrected chi connectivity index (χ3v) is 6.21. The zero-order chi connectivity index (χ0) is 19.1. The predicted octanol–water partition coefficient (Wildman–Crippen LogP) is 0.565. The van der Waals surface area contributed by atoms with E-state index in [0.29, 0.717) is 25.9 Å². The van der Waals surface area contributed by atoms with Crippen LogP contribution in [0.15, 0.2) is 23.0 Å². The molecule has 0 aromatic carbocycles. The number of likely N-dealkylation sites (tertiary alicyclic amines) is 1. The van der Waals surface area contributed by atoms with Crippen molar-refractivity contribution in [2.75, 3.05) is 33.7 Å². The van der Waals surface area contributed by atoms with Gasteiger partial charge in [-0.25, -0.2) is 0 Å². The first-order chi connectivity index (χ1) is 12.9. The number of carbonyl (C=O) groups excluding carboxylic acids is 2. The zero-order valence-corrected chi connectivity index (χ0v) is 16.1. The van der Waals surface area contributed by atoms with Gasteiger partial charge in [-0.3, -0.25) is 14.4 Å². The van der Waals surface area contributed by atoms with Crippen molar-refractivity contribution in [2.45, 2.75) is 43.7 Å². The molecule has 1 N–H and O–H groups in total. The van der Waals surface area contributed by atoms with E-state index >= 15 is 0 Å². The summed E-state index contributed by atoms with van der Waals surface area (Å²) in [5.74, 6) is 0.647. The number of carbonyl (C=O) groups is 2. The van der Waals surface area contributed by atoms with Crippen molar-refractivity contribution in [1.29, 1.82) is 0 Å². The van der Waals surface area contributed by atoms with E-state index in [0.717, 1.165) is 25.1 Å². The Bertz CT molecular complexity index is 803. The fourth-order valence-electron chi connectivity index (χ4n) is 5.03. The quantitative estimate of drug-likeness (QED) is 0.838. The lowest BCUT2D eigenvalue weighted by Gasteiger charge is -2.47. The van der Waals surface area contributed by atoms with Crippen molar-refractivity contribution in [3.05, 3.63) is 34.2 Å². The maximum Gasteiger partial charge on any atom is 0.251 e. The molecule has 3 aliphatic rings. The number of likely N-dealkylation sites (N-methyl/N-ethyl adjacent to an activating group) is 1. The van der Waals surface area contributed by atoms with Gasteiger partial charge in [0.15, 0.2) is 0 Å². The summed E-state index contributed by atoms with van der Waals surface area (Å²) in [4.78, 5) is 41.0. The highest BCUT2D eigenvalue weighted by Crippen LogP contribution is 2.41. The Kier molecular flexibility index (Phi) is 4.80. The number of piperidine rings is 1. The smallest absolute Gasteiger partial charge is 0.251 e. The molecule has 2 amide bonds. The fourth-order valence-corrected chi connectivity index (χ4v) is 5.03. The van der Waals surface area contributed by atoms with Crippen LogP contribution in [0.1, 0.15) is 43.3 Å². The molecule has 0 unspecified atom stereocenters. The van der Waals surface area contributed by atoms with Crippen LogP contribution in [0, 0.1) is 5.92 Å². The van der Waals surface area contributed by atoms with Crippen molar-refractivity contribution in [3.8, 4) is 0 Å². The summed E-state index contributed by atoms with van der Waals surface area (Å²) in [5.41, 5.74) is 1.11. The van der Waals surface area contributed by atoms with Crippen LogP contribution in [0.3, 0.4) is 0 Å². The number of aromatic nitrogens is 1. The lowest BCUT2D eigenvalue weighted by atomic mass is 9.78. The van der Waals surface area contributed by atoms with Gasteiger partial charge in [-0.15, -0.1) is 0 Å². The van der Waals surface area contributed by atoms with Crippen LogP contribution < -0.4 is 10.9 Å². The molecule has 7 heteroatoms. The summed E-state index contributed by atoms with van der Waals surface area (Å²) >= 11 is 0. The molecule has 4 rings (SSSR count). The first-order valence-corrected chi connectivity index (χ1v) is 9.85. The normalized spacial score (nSPS) is 29.6. The molecule has 1 aromatic heterocycles. The second-order valence-corrected chi connectivity index (χ2v) is 8.49. The van der Waals surface area contributed by atoms with Crippen LogP contribution in [-0.4, -0.2) is 66.0 Å². The van der Waals surface area contributed by atoms with Gasteiger partial charge < -0.3 is 19.7 Å². The molecule has 2 fully saturated rings. The van der Waals surface area contributed by atoms with Gasteiger partial charge in [0.2, 0.25) is 11.8 Å². The molecule has 0 saturated carbocycles. The van der Waals surface area contributed by atoms with Crippen LogP contribution in [0.4, 0.5) is 0 Å². The molecular weight excluding hydrogens is 344 g/mol. The van der Waals surface area contributed by atoms with E-state index in [4.69, 9.17) is 0 Å².